The van der Waals surface area contributed by atoms with E-state index >= 15 is 0 Å². The van der Waals surface area contributed by atoms with Gasteiger partial charge in [0.05, 0.1) is 10.5 Å². The maximum atomic E-state index is 11.0. The number of aromatic nitrogens is 1. The molecule has 6 nitrogen and oxygen atoms in total. The highest BCUT2D eigenvalue weighted by molar-refractivity contribution is 5.59. The molecule has 0 atom stereocenters. The van der Waals surface area contributed by atoms with Gasteiger partial charge in [0.2, 0.25) is 0 Å². The Kier molecular flexibility index (Phi) is 2.66. The fourth-order valence-electron chi connectivity index (χ4n) is 2.86. The molecule has 1 aromatic rings. The largest absolute Gasteiger partial charge is 0.356 e. The van der Waals surface area contributed by atoms with Crippen LogP contribution in [0.1, 0.15) is 24.0 Å². The fourth-order valence-corrected chi connectivity index (χ4v) is 2.86. The molecule has 0 aromatic carbocycles. The van der Waals surface area contributed by atoms with Crippen LogP contribution in [-0.4, -0.2) is 34.9 Å². The zero-order valence-electron chi connectivity index (χ0n) is 10.4. The topological polar surface area (TPSA) is 62.5 Å². The van der Waals surface area contributed by atoms with Gasteiger partial charge in [0.1, 0.15) is 12.0 Å². The van der Waals surface area contributed by atoms with E-state index in [0.29, 0.717) is 6.54 Å². The van der Waals surface area contributed by atoms with E-state index in [1.54, 1.807) is 0 Å². The summed E-state index contributed by atoms with van der Waals surface area (Å²) >= 11 is 0. The number of nitro groups is 1. The van der Waals surface area contributed by atoms with Crippen molar-refractivity contribution in [2.45, 2.75) is 25.9 Å². The number of rotatable bonds is 2. The molecule has 2 aliphatic rings. The van der Waals surface area contributed by atoms with Crippen molar-refractivity contribution >= 4 is 11.5 Å². The van der Waals surface area contributed by atoms with Gasteiger partial charge in [-0.05, 0) is 19.9 Å². The van der Waals surface area contributed by atoms with Crippen molar-refractivity contribution in [3.63, 3.8) is 0 Å². The van der Waals surface area contributed by atoms with Crippen molar-refractivity contribution in [3.8, 4) is 0 Å². The van der Waals surface area contributed by atoms with Crippen LogP contribution in [0.25, 0.3) is 0 Å². The molecule has 6 heteroatoms. The first-order valence-electron chi connectivity index (χ1n) is 6.25. The minimum atomic E-state index is -0.321. The van der Waals surface area contributed by atoms with Crippen LogP contribution in [0.3, 0.4) is 0 Å². The molecule has 1 fully saturated rings. The Morgan fingerprint density at radius 2 is 1.94 bits per heavy atom. The SMILES string of the molecule is CN1Cc2c([N+](=O)[O-])cnc(N3CCCC3)c2C1. The van der Waals surface area contributed by atoms with Crippen LogP contribution in [0.4, 0.5) is 11.5 Å². The molecule has 3 rings (SSSR count). The van der Waals surface area contributed by atoms with Crippen molar-refractivity contribution in [1.82, 2.24) is 9.88 Å². The van der Waals surface area contributed by atoms with Crippen molar-refractivity contribution < 1.29 is 4.92 Å². The van der Waals surface area contributed by atoms with Crippen LogP contribution in [0.2, 0.25) is 0 Å². The Labute approximate surface area is 105 Å². The van der Waals surface area contributed by atoms with E-state index in [2.05, 4.69) is 14.8 Å². The molecular weight excluding hydrogens is 232 g/mol. The van der Waals surface area contributed by atoms with E-state index in [-0.39, 0.29) is 10.6 Å². The molecule has 2 aliphatic heterocycles. The average Bonchev–Trinajstić information content (AvgIpc) is 2.94. The molecule has 96 valence electrons. The quantitative estimate of drug-likeness (QED) is 0.586. The van der Waals surface area contributed by atoms with Crippen molar-refractivity contribution in [3.05, 3.63) is 27.4 Å². The summed E-state index contributed by atoms with van der Waals surface area (Å²) in [4.78, 5) is 19.4. The Bertz CT molecular complexity index is 497. The highest BCUT2D eigenvalue weighted by atomic mass is 16.6. The summed E-state index contributed by atoms with van der Waals surface area (Å²) in [6.45, 7) is 3.44. The molecule has 0 spiro atoms. The lowest BCUT2D eigenvalue weighted by molar-refractivity contribution is -0.385. The third-order valence-electron chi connectivity index (χ3n) is 3.71. The van der Waals surface area contributed by atoms with E-state index in [1.807, 2.05) is 7.05 Å². The summed E-state index contributed by atoms with van der Waals surface area (Å²) in [5, 5.41) is 11.0. The summed E-state index contributed by atoms with van der Waals surface area (Å²) in [5.41, 5.74) is 2.06. The zero-order valence-corrected chi connectivity index (χ0v) is 10.4. The highest BCUT2D eigenvalue weighted by Gasteiger charge is 2.30. The molecule has 0 saturated carbocycles. The molecule has 1 saturated heterocycles. The monoisotopic (exact) mass is 248 g/mol. The van der Waals surface area contributed by atoms with Gasteiger partial charge in [-0.2, -0.15) is 0 Å². The van der Waals surface area contributed by atoms with Crippen LogP contribution in [0.15, 0.2) is 6.20 Å². The third kappa shape index (κ3) is 1.73. The number of hydrogen-bond donors (Lipinski definition) is 0. The second-order valence-corrected chi connectivity index (χ2v) is 5.05. The predicted octanol–water partition coefficient (Wildman–Crippen LogP) is 1.54. The second-order valence-electron chi connectivity index (χ2n) is 5.05. The van der Waals surface area contributed by atoms with Crippen LogP contribution in [0.5, 0.6) is 0 Å². The summed E-state index contributed by atoms with van der Waals surface area (Å²) in [5.74, 6) is 0.956. The Balaban J connectivity index is 2.07. The van der Waals surface area contributed by atoms with Gasteiger partial charge in [-0.3, -0.25) is 15.0 Å². The molecule has 0 aliphatic carbocycles. The van der Waals surface area contributed by atoms with Gasteiger partial charge in [-0.15, -0.1) is 0 Å². The van der Waals surface area contributed by atoms with Gasteiger partial charge < -0.3 is 4.90 Å². The van der Waals surface area contributed by atoms with E-state index in [1.165, 1.54) is 19.0 Å². The maximum absolute atomic E-state index is 11.0. The zero-order chi connectivity index (χ0) is 12.7. The average molecular weight is 248 g/mol. The lowest BCUT2D eigenvalue weighted by Gasteiger charge is -2.19. The Morgan fingerprint density at radius 3 is 2.61 bits per heavy atom. The summed E-state index contributed by atoms with van der Waals surface area (Å²) in [6.07, 6.45) is 3.79. The highest BCUT2D eigenvalue weighted by Crippen LogP contribution is 2.36. The normalized spacial score (nSPS) is 19.3. The number of fused-ring (bicyclic) bond motifs is 1. The lowest BCUT2D eigenvalue weighted by Crippen LogP contribution is -2.21. The fraction of sp³-hybridized carbons (Fsp3) is 0.583. The van der Waals surface area contributed by atoms with Crippen LogP contribution >= 0.6 is 0 Å². The van der Waals surface area contributed by atoms with E-state index < -0.39 is 0 Å². The number of anilines is 1. The van der Waals surface area contributed by atoms with Crippen LogP contribution < -0.4 is 4.90 Å². The van der Waals surface area contributed by atoms with Gasteiger partial charge in [-0.25, -0.2) is 4.98 Å². The first kappa shape index (κ1) is 11.4. The molecule has 0 radical (unpaired) electrons. The molecule has 0 unspecified atom stereocenters. The van der Waals surface area contributed by atoms with Crippen LogP contribution in [0, 0.1) is 10.1 Å². The maximum Gasteiger partial charge on any atom is 0.292 e. The van der Waals surface area contributed by atoms with Crippen molar-refractivity contribution in [1.29, 1.82) is 0 Å². The first-order chi connectivity index (χ1) is 8.66. The molecule has 1 aromatic heterocycles. The standard InChI is InChI=1S/C12H16N4O2/c1-14-7-9-10(8-14)12(15-4-2-3-5-15)13-6-11(9)16(17)18/h6H,2-5,7-8H2,1H3. The van der Waals surface area contributed by atoms with Gasteiger partial charge in [0, 0.05) is 31.7 Å². The molecule has 0 amide bonds. The molecule has 18 heavy (non-hydrogen) atoms. The van der Waals surface area contributed by atoms with Crippen LogP contribution in [-0.2, 0) is 13.1 Å². The van der Waals surface area contributed by atoms with E-state index in [4.69, 9.17) is 0 Å². The Hall–Kier alpha value is -1.69. The smallest absolute Gasteiger partial charge is 0.292 e. The number of pyridine rings is 1. The minimum absolute atomic E-state index is 0.164. The summed E-state index contributed by atoms with van der Waals surface area (Å²) < 4.78 is 0. The molecule has 0 N–H and O–H groups in total. The van der Waals surface area contributed by atoms with Gasteiger partial charge in [0.15, 0.2) is 0 Å². The summed E-state index contributed by atoms with van der Waals surface area (Å²) in [6, 6.07) is 0. The van der Waals surface area contributed by atoms with Crippen molar-refractivity contribution in [2.24, 2.45) is 0 Å². The minimum Gasteiger partial charge on any atom is -0.356 e. The van der Waals surface area contributed by atoms with E-state index in [9.17, 15) is 10.1 Å². The van der Waals surface area contributed by atoms with Gasteiger partial charge in [-0.1, -0.05) is 0 Å². The second kappa shape index (κ2) is 4.20. The molecular formula is C12H16N4O2. The van der Waals surface area contributed by atoms with Crippen molar-refractivity contribution in [2.75, 3.05) is 25.0 Å². The first-order valence-corrected chi connectivity index (χ1v) is 6.25. The van der Waals surface area contributed by atoms with Gasteiger partial charge >= 0.3 is 0 Å². The predicted molar refractivity (Wildman–Crippen MR) is 67.5 cm³/mol. The molecule has 0 bridgehead atoms. The lowest BCUT2D eigenvalue weighted by atomic mass is 10.1. The number of nitrogens with zero attached hydrogens (tertiary/aromatic N) is 4. The van der Waals surface area contributed by atoms with E-state index in [0.717, 1.165) is 36.6 Å². The summed E-state index contributed by atoms with van der Waals surface area (Å²) in [7, 11) is 1.98. The molecule has 3 heterocycles. The van der Waals surface area contributed by atoms with Gasteiger partial charge in [0.25, 0.3) is 5.69 Å². The third-order valence-corrected chi connectivity index (χ3v) is 3.71. The number of hydrogen-bond acceptors (Lipinski definition) is 5. The Morgan fingerprint density at radius 1 is 1.28 bits per heavy atom.